The number of nitrogens with zero attached hydrogens (tertiary/aromatic N) is 4. The minimum atomic E-state index is -0.464. The molecule has 4 saturated carbocycles. The van der Waals surface area contributed by atoms with Crippen molar-refractivity contribution in [2.75, 3.05) is 52.4 Å². The number of carbonyl (C=O) groups excluding carboxylic acids is 3. The summed E-state index contributed by atoms with van der Waals surface area (Å²) in [4.78, 5) is 47.6. The number of fused-ring (bicyclic) bond motifs is 1. The van der Waals surface area contributed by atoms with Crippen LogP contribution in [0.3, 0.4) is 0 Å². The van der Waals surface area contributed by atoms with E-state index in [0.717, 1.165) is 74.9 Å². The molecule has 4 saturated heterocycles. The van der Waals surface area contributed by atoms with Gasteiger partial charge in [-0.25, -0.2) is 0 Å². The highest BCUT2D eigenvalue weighted by Crippen LogP contribution is 2.47. The lowest BCUT2D eigenvalue weighted by molar-refractivity contribution is -0.144. The molecule has 2 N–H and O–H groups in total. The zero-order valence-corrected chi connectivity index (χ0v) is 35.2. The molecule has 8 aliphatic rings. The third kappa shape index (κ3) is 9.47. The fourth-order valence-corrected chi connectivity index (χ4v) is 13.7. The molecule has 4 atom stereocenters. The first kappa shape index (κ1) is 40.9. The van der Waals surface area contributed by atoms with Gasteiger partial charge in [0.2, 0.25) is 17.7 Å². The van der Waals surface area contributed by atoms with Gasteiger partial charge >= 0.3 is 0 Å². The molecule has 0 bridgehead atoms. The Morgan fingerprint density at radius 2 is 1.36 bits per heavy atom. The van der Waals surface area contributed by atoms with Crippen molar-refractivity contribution in [2.45, 2.75) is 179 Å². The van der Waals surface area contributed by atoms with E-state index in [1.165, 1.54) is 135 Å². The molecular formula is C47H77N5O4. The van der Waals surface area contributed by atoms with E-state index in [9.17, 15) is 19.5 Å². The van der Waals surface area contributed by atoms with Crippen molar-refractivity contribution < 1.29 is 19.5 Å². The third-order valence-electron chi connectivity index (χ3n) is 16.9. The Labute approximate surface area is 339 Å². The summed E-state index contributed by atoms with van der Waals surface area (Å²) in [6, 6.07) is 0.810. The van der Waals surface area contributed by atoms with Gasteiger partial charge in [-0.05, 0) is 171 Å². The van der Waals surface area contributed by atoms with Crippen molar-refractivity contribution >= 4 is 17.7 Å². The smallest absolute Gasteiger partial charge is 0.249 e. The monoisotopic (exact) mass is 776 g/mol. The van der Waals surface area contributed by atoms with Gasteiger partial charge in [0.1, 0.15) is 6.04 Å². The van der Waals surface area contributed by atoms with Crippen molar-refractivity contribution in [3.63, 3.8) is 0 Å². The number of piperidine rings is 2. The van der Waals surface area contributed by atoms with Gasteiger partial charge in [0.15, 0.2) is 0 Å². The van der Waals surface area contributed by atoms with Gasteiger partial charge in [-0.3, -0.25) is 29.5 Å². The van der Waals surface area contributed by atoms with Crippen LogP contribution in [0, 0.1) is 35.5 Å². The van der Waals surface area contributed by atoms with E-state index in [0.29, 0.717) is 31.3 Å². The zero-order valence-electron chi connectivity index (χ0n) is 35.2. The van der Waals surface area contributed by atoms with Gasteiger partial charge in [0.25, 0.3) is 0 Å². The summed E-state index contributed by atoms with van der Waals surface area (Å²) in [5, 5.41) is 12.8. The van der Waals surface area contributed by atoms with E-state index in [2.05, 4.69) is 26.9 Å². The molecule has 0 spiro atoms. The predicted molar refractivity (Wildman–Crippen MR) is 222 cm³/mol. The van der Waals surface area contributed by atoms with E-state index >= 15 is 0 Å². The minimum Gasteiger partial charge on any atom is -0.393 e. The fourth-order valence-electron chi connectivity index (χ4n) is 13.7. The molecule has 8 rings (SSSR count). The normalized spacial score (nSPS) is 37.0. The maximum Gasteiger partial charge on any atom is 0.249 e. The first-order chi connectivity index (χ1) is 27.3. The predicted octanol–water partition coefficient (Wildman–Crippen LogP) is 6.93. The molecule has 8 fully saturated rings. The Balaban J connectivity index is 0.731. The number of allylic oxidation sites excluding steroid dienone is 2. The maximum absolute atomic E-state index is 13.3. The summed E-state index contributed by atoms with van der Waals surface area (Å²) in [7, 11) is 0. The lowest BCUT2D eigenvalue weighted by Crippen LogP contribution is -2.56. The Kier molecular flexibility index (Phi) is 13.9. The van der Waals surface area contributed by atoms with Crippen molar-refractivity contribution in [1.82, 2.24) is 24.9 Å². The van der Waals surface area contributed by atoms with Gasteiger partial charge < -0.3 is 14.9 Å². The topological polar surface area (TPSA) is 96.4 Å². The molecule has 9 nitrogen and oxygen atoms in total. The maximum atomic E-state index is 13.3. The molecule has 4 aliphatic carbocycles. The lowest BCUT2D eigenvalue weighted by Gasteiger charge is -2.46. The number of likely N-dealkylation sites (tertiary alicyclic amines) is 2. The first-order valence-electron chi connectivity index (χ1n) is 24.1. The molecule has 3 amide bonds. The Morgan fingerprint density at radius 3 is 2.02 bits per heavy atom. The molecule has 0 radical (unpaired) electrons. The highest BCUT2D eigenvalue weighted by atomic mass is 16.3. The Morgan fingerprint density at radius 1 is 0.696 bits per heavy atom. The van der Waals surface area contributed by atoms with Crippen LogP contribution in [0.4, 0.5) is 0 Å². The van der Waals surface area contributed by atoms with Crippen LogP contribution in [0.25, 0.3) is 0 Å². The van der Waals surface area contributed by atoms with Crippen LogP contribution < -0.4 is 5.32 Å². The number of carbonyl (C=O) groups is 3. The van der Waals surface area contributed by atoms with Crippen molar-refractivity contribution in [1.29, 1.82) is 0 Å². The zero-order chi connectivity index (χ0) is 38.6. The summed E-state index contributed by atoms with van der Waals surface area (Å²) >= 11 is 0. The summed E-state index contributed by atoms with van der Waals surface area (Å²) in [6.07, 6.45) is 27.8. The third-order valence-corrected chi connectivity index (χ3v) is 16.9. The number of rotatable bonds is 11. The molecule has 314 valence electrons. The van der Waals surface area contributed by atoms with Gasteiger partial charge in [0, 0.05) is 57.1 Å². The summed E-state index contributed by atoms with van der Waals surface area (Å²) in [5.41, 5.74) is 3.80. The van der Waals surface area contributed by atoms with Crippen LogP contribution in [-0.4, -0.2) is 119 Å². The van der Waals surface area contributed by atoms with Crippen molar-refractivity contribution in [3.8, 4) is 0 Å². The summed E-state index contributed by atoms with van der Waals surface area (Å²) in [6.45, 7) is 11.5. The molecule has 4 heterocycles. The van der Waals surface area contributed by atoms with Crippen LogP contribution in [0.2, 0.25) is 0 Å². The van der Waals surface area contributed by atoms with Crippen LogP contribution in [0.1, 0.15) is 155 Å². The van der Waals surface area contributed by atoms with E-state index in [4.69, 9.17) is 0 Å². The van der Waals surface area contributed by atoms with Gasteiger partial charge in [-0.15, -0.1) is 0 Å². The van der Waals surface area contributed by atoms with Crippen LogP contribution in [-0.2, 0) is 14.4 Å². The first-order valence-corrected chi connectivity index (χ1v) is 24.1. The number of nitrogens with one attached hydrogen (secondary N) is 1. The van der Waals surface area contributed by atoms with Crippen molar-refractivity contribution in [2.24, 2.45) is 35.5 Å². The second kappa shape index (κ2) is 19.1. The van der Waals surface area contributed by atoms with Crippen LogP contribution in [0.5, 0.6) is 0 Å². The number of piperazine rings is 1. The summed E-state index contributed by atoms with van der Waals surface area (Å²) in [5.74, 6) is 3.37. The van der Waals surface area contributed by atoms with Crippen molar-refractivity contribution in [3.05, 3.63) is 11.1 Å². The van der Waals surface area contributed by atoms with E-state index in [1.54, 1.807) is 0 Å². The van der Waals surface area contributed by atoms with E-state index in [-0.39, 0.29) is 29.7 Å². The molecule has 4 aliphatic heterocycles. The van der Waals surface area contributed by atoms with Gasteiger partial charge in [-0.2, -0.15) is 0 Å². The lowest BCUT2D eigenvalue weighted by atomic mass is 9.66. The number of imide groups is 1. The second-order valence-electron chi connectivity index (χ2n) is 20.0. The molecule has 4 unspecified atom stereocenters. The SMILES string of the molecule is CC/C(=C(\C1CCC(O)CC1)C1CCC(CCCN2CCC(N3CCN(C4CCC5C(=O)N(C6CCC(=O)NC6=O)CC5C4)CC3)CC2)CC1)C1CCCCC1. The molecule has 0 aromatic rings. The second-order valence-corrected chi connectivity index (χ2v) is 20.0. The number of amides is 3. The van der Waals surface area contributed by atoms with Gasteiger partial charge in [-0.1, -0.05) is 37.3 Å². The molecule has 56 heavy (non-hydrogen) atoms. The fraction of sp³-hybridized carbons (Fsp3) is 0.894. The molecular weight excluding hydrogens is 699 g/mol. The van der Waals surface area contributed by atoms with E-state index in [1.807, 2.05) is 16.0 Å². The number of aliphatic hydroxyl groups is 1. The number of hydrogen-bond acceptors (Lipinski definition) is 7. The molecule has 9 heteroatoms. The standard InChI is InChI=1S/C47H77N5O4/c1-2-41(34-8-4-3-5-9-34)45(36-14-17-40(53)18-15-36)35-12-10-33(11-13-35)7-6-24-49-25-22-38(23-26-49)50-27-29-51(30-28-50)39-16-19-42-37(31-39)32-52(47(42)56)43-20-21-44(54)48-46(43)55/h33-40,42-43,53H,2-32H2,1H3,(H,48,54,55)/b45-41+. The largest absolute Gasteiger partial charge is 0.393 e. The van der Waals surface area contributed by atoms with Gasteiger partial charge in [0.05, 0.1) is 6.10 Å². The number of aliphatic hydroxyl groups excluding tert-OH is 1. The minimum absolute atomic E-state index is 0.0572. The number of hydrogen-bond donors (Lipinski definition) is 2. The quantitative estimate of drug-likeness (QED) is 0.174. The van der Waals surface area contributed by atoms with E-state index < -0.39 is 6.04 Å². The average molecular weight is 776 g/mol. The average Bonchev–Trinajstić information content (AvgIpc) is 3.56. The van der Waals surface area contributed by atoms with Crippen LogP contribution >= 0.6 is 0 Å². The highest BCUT2D eigenvalue weighted by Gasteiger charge is 2.49. The highest BCUT2D eigenvalue weighted by molar-refractivity contribution is 6.02. The Hall–Kier alpha value is -1.81. The summed E-state index contributed by atoms with van der Waals surface area (Å²) < 4.78 is 0. The Bertz CT molecular complexity index is 1360. The van der Waals surface area contributed by atoms with Crippen LogP contribution in [0.15, 0.2) is 11.1 Å². The molecule has 0 aromatic heterocycles. The molecule has 0 aromatic carbocycles.